The van der Waals surface area contributed by atoms with Crippen LogP contribution in [0.3, 0.4) is 0 Å². The van der Waals surface area contributed by atoms with Crippen LogP contribution in [-0.2, 0) is 0 Å². The molecule has 0 aliphatic rings. The zero-order valence-electron chi connectivity index (χ0n) is 10.1. The van der Waals surface area contributed by atoms with Crippen LogP contribution < -0.4 is 5.73 Å². The van der Waals surface area contributed by atoms with Crippen molar-refractivity contribution in [2.75, 3.05) is 13.1 Å². The number of hydrogen-bond acceptors (Lipinski definition) is 3. The number of hydrogen-bond donors (Lipinski definition) is 1. The highest BCUT2D eigenvalue weighted by Gasteiger charge is 2.17. The van der Waals surface area contributed by atoms with Crippen LogP contribution in [0.15, 0.2) is 18.3 Å². The fourth-order valence-electron chi connectivity index (χ4n) is 1.49. The van der Waals surface area contributed by atoms with Crippen molar-refractivity contribution < 1.29 is 4.79 Å². The largest absolute Gasteiger partial charge is 0.335 e. The first-order valence-corrected chi connectivity index (χ1v) is 5.50. The molecule has 0 bridgehead atoms. The highest BCUT2D eigenvalue weighted by atomic mass is 16.2. The summed E-state index contributed by atoms with van der Waals surface area (Å²) >= 11 is 0. The molecule has 0 radical (unpaired) electrons. The average molecular weight is 221 g/mol. The maximum Gasteiger partial charge on any atom is 0.255 e. The Bertz CT molecular complexity index is 346. The van der Waals surface area contributed by atoms with E-state index in [-0.39, 0.29) is 11.9 Å². The molecule has 0 spiro atoms. The lowest BCUT2D eigenvalue weighted by atomic mass is 10.2. The summed E-state index contributed by atoms with van der Waals surface area (Å²) in [5, 5.41) is 0. The number of nitrogens with zero attached hydrogens (tertiary/aromatic N) is 2. The monoisotopic (exact) mass is 221 g/mol. The van der Waals surface area contributed by atoms with Gasteiger partial charge in [0.1, 0.15) is 0 Å². The number of nitrogens with two attached hydrogens (primary N) is 1. The first-order chi connectivity index (χ1) is 7.56. The molecule has 1 rings (SSSR count). The maximum absolute atomic E-state index is 12.1. The number of aryl methyl sites for hydroxylation is 1. The first kappa shape index (κ1) is 12.6. The van der Waals surface area contributed by atoms with Gasteiger partial charge in [-0.3, -0.25) is 9.78 Å². The third-order valence-corrected chi connectivity index (χ3v) is 2.41. The Morgan fingerprint density at radius 1 is 1.50 bits per heavy atom. The number of pyridine rings is 1. The van der Waals surface area contributed by atoms with Crippen LogP contribution in [0.5, 0.6) is 0 Å². The second-order valence-electron chi connectivity index (χ2n) is 4.07. The highest BCUT2D eigenvalue weighted by Crippen LogP contribution is 2.07. The lowest BCUT2D eigenvalue weighted by Crippen LogP contribution is -2.40. The predicted molar refractivity (Wildman–Crippen MR) is 64.2 cm³/mol. The van der Waals surface area contributed by atoms with Gasteiger partial charge in [-0.25, -0.2) is 0 Å². The molecule has 0 atom stereocenters. The van der Waals surface area contributed by atoms with Gasteiger partial charge in [0.15, 0.2) is 0 Å². The Kier molecular flexibility index (Phi) is 4.43. The van der Waals surface area contributed by atoms with Gasteiger partial charge >= 0.3 is 0 Å². The number of amides is 1. The Labute approximate surface area is 96.5 Å². The molecule has 1 heterocycles. The molecule has 1 amide bonds. The van der Waals surface area contributed by atoms with E-state index in [0.29, 0.717) is 18.7 Å². The molecule has 0 aliphatic heterocycles. The zero-order chi connectivity index (χ0) is 12.1. The van der Waals surface area contributed by atoms with E-state index in [1.807, 2.05) is 26.8 Å². The molecule has 16 heavy (non-hydrogen) atoms. The molecule has 1 aromatic heterocycles. The van der Waals surface area contributed by atoms with E-state index in [2.05, 4.69) is 4.98 Å². The molecule has 0 aromatic carbocycles. The molecule has 0 fully saturated rings. The van der Waals surface area contributed by atoms with Crippen LogP contribution in [0.2, 0.25) is 0 Å². The topological polar surface area (TPSA) is 59.2 Å². The van der Waals surface area contributed by atoms with Crippen molar-refractivity contribution in [3.63, 3.8) is 0 Å². The van der Waals surface area contributed by atoms with E-state index in [1.165, 1.54) is 0 Å². The van der Waals surface area contributed by atoms with E-state index >= 15 is 0 Å². The highest BCUT2D eigenvalue weighted by molar-refractivity contribution is 5.94. The Morgan fingerprint density at radius 3 is 2.62 bits per heavy atom. The summed E-state index contributed by atoms with van der Waals surface area (Å²) in [4.78, 5) is 18.0. The first-order valence-electron chi connectivity index (χ1n) is 5.50. The van der Waals surface area contributed by atoms with E-state index in [0.717, 1.165) is 5.69 Å². The van der Waals surface area contributed by atoms with E-state index in [1.54, 1.807) is 17.2 Å². The molecule has 0 saturated heterocycles. The summed E-state index contributed by atoms with van der Waals surface area (Å²) in [6.07, 6.45) is 1.61. The molecule has 2 N–H and O–H groups in total. The fourth-order valence-corrected chi connectivity index (χ4v) is 1.49. The van der Waals surface area contributed by atoms with Crippen molar-refractivity contribution in [1.82, 2.24) is 9.88 Å². The van der Waals surface area contributed by atoms with Crippen molar-refractivity contribution in [2.24, 2.45) is 5.73 Å². The quantitative estimate of drug-likeness (QED) is 0.831. The van der Waals surface area contributed by atoms with Gasteiger partial charge in [0.2, 0.25) is 0 Å². The fraction of sp³-hybridized carbons (Fsp3) is 0.500. The molecule has 4 nitrogen and oxygen atoms in total. The molecule has 88 valence electrons. The van der Waals surface area contributed by atoms with Gasteiger partial charge in [-0.1, -0.05) is 0 Å². The van der Waals surface area contributed by atoms with Gasteiger partial charge in [0.25, 0.3) is 5.91 Å². The van der Waals surface area contributed by atoms with E-state index in [9.17, 15) is 4.79 Å². The molecular weight excluding hydrogens is 202 g/mol. The van der Waals surface area contributed by atoms with Gasteiger partial charge < -0.3 is 10.6 Å². The van der Waals surface area contributed by atoms with Crippen LogP contribution in [0, 0.1) is 6.92 Å². The summed E-state index contributed by atoms with van der Waals surface area (Å²) in [6, 6.07) is 3.79. The SMILES string of the molecule is Cc1ccc(C(=O)N(CCN)C(C)C)cn1. The lowest BCUT2D eigenvalue weighted by Gasteiger charge is -2.26. The minimum atomic E-state index is -0.00653. The number of carbonyl (C=O) groups excluding carboxylic acids is 1. The summed E-state index contributed by atoms with van der Waals surface area (Å²) in [5.41, 5.74) is 7.02. The van der Waals surface area contributed by atoms with Crippen LogP contribution >= 0.6 is 0 Å². The van der Waals surface area contributed by atoms with E-state index in [4.69, 9.17) is 5.73 Å². The standard InChI is InChI=1S/C12H19N3O/c1-9(2)15(7-6-13)12(16)11-5-4-10(3)14-8-11/h4-5,8-9H,6-7,13H2,1-3H3. The number of aromatic nitrogens is 1. The summed E-state index contributed by atoms with van der Waals surface area (Å²) < 4.78 is 0. The Balaban J connectivity index is 2.86. The normalized spacial score (nSPS) is 10.6. The molecule has 1 aromatic rings. The molecule has 0 aliphatic carbocycles. The zero-order valence-corrected chi connectivity index (χ0v) is 10.1. The predicted octanol–water partition coefficient (Wildman–Crippen LogP) is 1.20. The average Bonchev–Trinajstić information content (AvgIpc) is 2.25. The van der Waals surface area contributed by atoms with Gasteiger partial charge in [0, 0.05) is 31.0 Å². The molecule has 0 saturated carbocycles. The molecule has 0 unspecified atom stereocenters. The number of rotatable bonds is 4. The number of carbonyl (C=O) groups is 1. The van der Waals surface area contributed by atoms with Crippen molar-refractivity contribution in [1.29, 1.82) is 0 Å². The van der Waals surface area contributed by atoms with Crippen molar-refractivity contribution in [2.45, 2.75) is 26.8 Å². The third kappa shape index (κ3) is 3.03. The summed E-state index contributed by atoms with van der Waals surface area (Å²) in [7, 11) is 0. The van der Waals surface area contributed by atoms with Crippen LogP contribution in [0.1, 0.15) is 29.9 Å². The van der Waals surface area contributed by atoms with Crippen molar-refractivity contribution in [3.05, 3.63) is 29.6 Å². The molecular formula is C12H19N3O. The van der Waals surface area contributed by atoms with Gasteiger partial charge in [-0.2, -0.15) is 0 Å². The summed E-state index contributed by atoms with van der Waals surface area (Å²) in [6.45, 7) is 6.91. The lowest BCUT2D eigenvalue weighted by molar-refractivity contribution is 0.0711. The molecule has 4 heteroatoms. The van der Waals surface area contributed by atoms with Gasteiger partial charge in [0.05, 0.1) is 5.56 Å². The minimum absolute atomic E-state index is 0.00653. The maximum atomic E-state index is 12.1. The minimum Gasteiger partial charge on any atom is -0.335 e. The smallest absolute Gasteiger partial charge is 0.255 e. The van der Waals surface area contributed by atoms with Gasteiger partial charge in [-0.05, 0) is 32.9 Å². The van der Waals surface area contributed by atoms with Crippen molar-refractivity contribution in [3.8, 4) is 0 Å². The Morgan fingerprint density at radius 2 is 2.19 bits per heavy atom. The second kappa shape index (κ2) is 5.61. The van der Waals surface area contributed by atoms with Crippen molar-refractivity contribution >= 4 is 5.91 Å². The van der Waals surface area contributed by atoms with Crippen LogP contribution in [0.25, 0.3) is 0 Å². The second-order valence-corrected chi connectivity index (χ2v) is 4.07. The Hall–Kier alpha value is -1.42. The summed E-state index contributed by atoms with van der Waals surface area (Å²) in [5.74, 6) is -0.00653. The third-order valence-electron chi connectivity index (χ3n) is 2.41. The van der Waals surface area contributed by atoms with Gasteiger partial charge in [-0.15, -0.1) is 0 Å². The van der Waals surface area contributed by atoms with Crippen LogP contribution in [0.4, 0.5) is 0 Å². The van der Waals surface area contributed by atoms with Crippen LogP contribution in [-0.4, -0.2) is 34.9 Å². The van der Waals surface area contributed by atoms with E-state index < -0.39 is 0 Å².